The molecule has 194 valence electrons. The molecule has 0 aliphatic carbocycles. The van der Waals surface area contributed by atoms with E-state index >= 15 is 0 Å². The Labute approximate surface area is 220 Å². The summed E-state index contributed by atoms with van der Waals surface area (Å²) in [6.45, 7) is 6.85. The lowest BCUT2D eigenvalue weighted by molar-refractivity contribution is 0.176. The van der Waals surface area contributed by atoms with E-state index in [1.807, 2.05) is 50.4 Å². The van der Waals surface area contributed by atoms with Gasteiger partial charge < -0.3 is 14.4 Å². The summed E-state index contributed by atoms with van der Waals surface area (Å²) < 4.78 is 14.5. The van der Waals surface area contributed by atoms with Crippen LogP contribution in [0.1, 0.15) is 24.7 Å². The van der Waals surface area contributed by atoms with E-state index in [-0.39, 0.29) is 5.69 Å². The molecule has 0 spiro atoms. The first-order valence-electron chi connectivity index (χ1n) is 12.8. The second kappa shape index (κ2) is 9.57. The number of pyridine rings is 3. The molecule has 1 aliphatic heterocycles. The van der Waals surface area contributed by atoms with Crippen LogP contribution in [0.3, 0.4) is 0 Å². The van der Waals surface area contributed by atoms with Crippen LogP contribution in [0.4, 0.5) is 5.82 Å². The fourth-order valence-electron chi connectivity index (χ4n) is 5.05. The van der Waals surface area contributed by atoms with Gasteiger partial charge in [0.25, 0.3) is 0 Å². The van der Waals surface area contributed by atoms with Gasteiger partial charge in [0.1, 0.15) is 17.3 Å². The smallest absolute Gasteiger partial charge is 0.333 e. The number of fused-ring (bicyclic) bond motifs is 3. The van der Waals surface area contributed by atoms with Gasteiger partial charge in [-0.2, -0.15) is 0 Å². The maximum absolute atomic E-state index is 13.6. The summed E-state index contributed by atoms with van der Waals surface area (Å²) in [5.41, 5.74) is 6.43. The molecule has 5 heterocycles. The van der Waals surface area contributed by atoms with E-state index in [0.29, 0.717) is 19.0 Å². The third kappa shape index (κ3) is 3.90. The molecule has 0 bridgehead atoms. The van der Waals surface area contributed by atoms with Crippen molar-refractivity contribution in [3.63, 3.8) is 0 Å². The molecule has 0 amide bonds. The number of hydrogen-bond donors (Lipinski definition) is 0. The summed E-state index contributed by atoms with van der Waals surface area (Å²) in [7, 11) is 3.42. The molecule has 4 aromatic heterocycles. The van der Waals surface area contributed by atoms with Crippen LogP contribution in [-0.4, -0.2) is 50.9 Å². The molecule has 5 aromatic rings. The van der Waals surface area contributed by atoms with E-state index in [2.05, 4.69) is 20.9 Å². The number of benzene rings is 1. The molecule has 9 nitrogen and oxygen atoms in total. The number of imidazole rings is 1. The van der Waals surface area contributed by atoms with E-state index in [0.717, 1.165) is 69.0 Å². The fraction of sp³-hybridized carbons (Fsp3) is 0.310. The van der Waals surface area contributed by atoms with E-state index in [4.69, 9.17) is 14.5 Å². The van der Waals surface area contributed by atoms with Crippen molar-refractivity contribution >= 4 is 27.8 Å². The highest BCUT2D eigenvalue weighted by atomic mass is 16.5. The molecule has 9 heteroatoms. The van der Waals surface area contributed by atoms with Crippen LogP contribution in [0.2, 0.25) is 0 Å². The first kappa shape index (κ1) is 24.1. The summed E-state index contributed by atoms with van der Waals surface area (Å²) in [6.07, 6.45) is 4.77. The monoisotopic (exact) mass is 510 g/mol. The number of aryl methyl sites for hydroxylation is 2. The number of nitrogens with zero attached hydrogens (tertiary/aromatic N) is 6. The Morgan fingerprint density at radius 2 is 1.87 bits per heavy atom. The van der Waals surface area contributed by atoms with Crippen LogP contribution in [-0.2, 0) is 18.4 Å². The zero-order valence-corrected chi connectivity index (χ0v) is 22.1. The van der Waals surface area contributed by atoms with Crippen molar-refractivity contribution in [2.45, 2.75) is 26.9 Å². The number of anilines is 1. The van der Waals surface area contributed by atoms with Crippen LogP contribution < -0.4 is 15.3 Å². The zero-order valence-electron chi connectivity index (χ0n) is 22.1. The van der Waals surface area contributed by atoms with E-state index in [9.17, 15) is 4.79 Å². The van der Waals surface area contributed by atoms with E-state index in [1.165, 1.54) is 6.42 Å². The van der Waals surface area contributed by atoms with Gasteiger partial charge in [0.15, 0.2) is 0 Å². The summed E-state index contributed by atoms with van der Waals surface area (Å²) in [4.78, 5) is 29.9. The minimum Gasteiger partial charge on any atom is -0.492 e. The Morgan fingerprint density at radius 3 is 2.58 bits per heavy atom. The lowest BCUT2D eigenvalue weighted by Crippen LogP contribution is -2.37. The Balaban J connectivity index is 1.55. The first-order chi connectivity index (χ1) is 18.5. The minimum atomic E-state index is -0.134. The first-order valence-corrected chi connectivity index (χ1v) is 12.8. The van der Waals surface area contributed by atoms with Gasteiger partial charge in [-0.05, 0) is 56.2 Å². The maximum atomic E-state index is 13.6. The topological polar surface area (TPSA) is 87.3 Å². The van der Waals surface area contributed by atoms with Gasteiger partial charge in [-0.25, -0.2) is 9.78 Å². The minimum absolute atomic E-state index is 0.134. The number of ether oxygens (including phenoxy) is 2. The molecule has 0 N–H and O–H groups in total. The molecule has 0 unspecified atom stereocenters. The Hall–Kier alpha value is -4.24. The third-order valence-corrected chi connectivity index (χ3v) is 7.19. The predicted octanol–water partition coefficient (Wildman–Crippen LogP) is 4.40. The molecule has 0 radical (unpaired) electrons. The molecule has 0 saturated carbocycles. The molecular formula is C29H30N6O3. The Bertz CT molecular complexity index is 1730. The van der Waals surface area contributed by atoms with Gasteiger partial charge in [-0.3, -0.25) is 19.1 Å². The van der Waals surface area contributed by atoms with E-state index < -0.39 is 0 Å². The largest absolute Gasteiger partial charge is 0.492 e. The highest BCUT2D eigenvalue weighted by Gasteiger charge is 2.21. The van der Waals surface area contributed by atoms with Gasteiger partial charge >= 0.3 is 5.69 Å². The average molecular weight is 511 g/mol. The Kier molecular flexibility index (Phi) is 6.07. The number of methoxy groups -OCH3 is 1. The second-order valence-electron chi connectivity index (χ2n) is 9.55. The summed E-state index contributed by atoms with van der Waals surface area (Å²) in [5, 5.41) is 0.878. The van der Waals surface area contributed by atoms with Crippen LogP contribution >= 0.6 is 0 Å². The molecule has 6 rings (SSSR count). The lowest BCUT2D eigenvalue weighted by atomic mass is 10.0. The van der Waals surface area contributed by atoms with Gasteiger partial charge in [0, 0.05) is 44.4 Å². The van der Waals surface area contributed by atoms with Crippen molar-refractivity contribution in [1.29, 1.82) is 0 Å². The van der Waals surface area contributed by atoms with Gasteiger partial charge in [0.05, 0.1) is 47.3 Å². The van der Waals surface area contributed by atoms with Crippen LogP contribution in [0, 0.1) is 6.92 Å². The SMILES string of the molecule is CCOc1cc(-c2ccc3ncc4c(c3c2)n(-c2ccc(N3CCC3)nc2C)c(=O)n4C)cnc1COC. The second-order valence-corrected chi connectivity index (χ2v) is 9.55. The maximum Gasteiger partial charge on any atom is 0.333 e. The van der Waals surface area contributed by atoms with Crippen molar-refractivity contribution in [1.82, 2.24) is 24.1 Å². The number of aromatic nitrogens is 5. The van der Waals surface area contributed by atoms with Crippen molar-refractivity contribution in [2.24, 2.45) is 7.05 Å². The molecule has 1 aromatic carbocycles. The van der Waals surface area contributed by atoms with Crippen molar-refractivity contribution in [3.05, 3.63) is 70.7 Å². The third-order valence-electron chi connectivity index (χ3n) is 7.19. The van der Waals surface area contributed by atoms with Crippen LogP contribution in [0.5, 0.6) is 5.75 Å². The van der Waals surface area contributed by atoms with Gasteiger partial charge in [0.2, 0.25) is 0 Å². The molecule has 1 fully saturated rings. The standard InChI is InChI=1S/C29H30N6O3/c1-5-38-26-14-20(15-30-23(26)17-37-4)19-7-8-22-21(13-19)28-25(16-31-22)33(3)29(36)35(28)24-9-10-27(32-18(24)2)34-11-6-12-34/h7-10,13-16H,5-6,11-12,17H2,1-4H3. The normalized spacial score (nSPS) is 13.3. The number of hydrogen-bond acceptors (Lipinski definition) is 7. The molecular weight excluding hydrogens is 480 g/mol. The fourth-order valence-corrected chi connectivity index (χ4v) is 5.05. The highest BCUT2D eigenvalue weighted by molar-refractivity contribution is 6.04. The zero-order chi connectivity index (χ0) is 26.4. The predicted molar refractivity (Wildman–Crippen MR) is 148 cm³/mol. The summed E-state index contributed by atoms with van der Waals surface area (Å²) in [5.74, 6) is 1.65. The molecule has 1 saturated heterocycles. The van der Waals surface area contributed by atoms with Crippen LogP contribution in [0.15, 0.2) is 53.6 Å². The highest BCUT2D eigenvalue weighted by Crippen LogP contribution is 2.32. The van der Waals surface area contributed by atoms with Crippen molar-refractivity contribution in [2.75, 3.05) is 31.7 Å². The quantitative estimate of drug-likeness (QED) is 0.321. The van der Waals surface area contributed by atoms with Crippen molar-refractivity contribution in [3.8, 4) is 22.6 Å². The Morgan fingerprint density at radius 1 is 1.03 bits per heavy atom. The van der Waals surface area contributed by atoms with Crippen molar-refractivity contribution < 1.29 is 9.47 Å². The summed E-state index contributed by atoms with van der Waals surface area (Å²) in [6, 6.07) is 12.1. The van der Waals surface area contributed by atoms with Gasteiger partial charge in [-0.15, -0.1) is 0 Å². The molecule has 0 atom stereocenters. The molecule has 1 aliphatic rings. The molecule has 38 heavy (non-hydrogen) atoms. The van der Waals surface area contributed by atoms with E-state index in [1.54, 1.807) is 29.5 Å². The van der Waals surface area contributed by atoms with Gasteiger partial charge in [-0.1, -0.05) is 6.07 Å². The number of rotatable bonds is 7. The average Bonchev–Trinajstić information content (AvgIpc) is 3.14. The lowest BCUT2D eigenvalue weighted by Gasteiger charge is -2.32. The van der Waals surface area contributed by atoms with Crippen LogP contribution in [0.25, 0.3) is 38.8 Å². The summed E-state index contributed by atoms with van der Waals surface area (Å²) >= 11 is 0.